The summed E-state index contributed by atoms with van der Waals surface area (Å²) in [6.07, 6.45) is 0. The number of hydrogen-bond donors (Lipinski definition) is 1. The molecule has 2 aromatic carbocycles. The highest BCUT2D eigenvalue weighted by molar-refractivity contribution is 5.81. The number of fused-ring (bicyclic) bond motifs is 1. The van der Waals surface area contributed by atoms with Crippen LogP contribution < -0.4 is 5.73 Å². The van der Waals surface area contributed by atoms with Crippen LogP contribution in [0.5, 0.6) is 0 Å². The highest BCUT2D eigenvalue weighted by Gasteiger charge is 2.20. The maximum Gasteiger partial charge on any atom is 0.206 e. The van der Waals surface area contributed by atoms with E-state index in [0.29, 0.717) is 0 Å². The van der Waals surface area contributed by atoms with Crippen molar-refractivity contribution in [1.29, 1.82) is 0 Å². The Morgan fingerprint density at radius 2 is 1.71 bits per heavy atom. The van der Waals surface area contributed by atoms with E-state index < -0.39 is 23.3 Å². The van der Waals surface area contributed by atoms with E-state index in [-0.39, 0.29) is 28.2 Å². The molecular weight excluding hydrogens is 286 g/mol. The second kappa shape index (κ2) is 4.47. The van der Waals surface area contributed by atoms with Gasteiger partial charge in [-0.25, -0.2) is 22.5 Å². The molecule has 0 atom stereocenters. The summed E-state index contributed by atoms with van der Waals surface area (Å²) < 4.78 is 55.9. The molecule has 21 heavy (non-hydrogen) atoms. The second-order valence-electron chi connectivity index (χ2n) is 4.59. The molecule has 108 valence electrons. The Hall–Kier alpha value is -2.57. The molecule has 0 fully saturated rings. The van der Waals surface area contributed by atoms with Gasteiger partial charge in [-0.05, 0) is 30.7 Å². The van der Waals surface area contributed by atoms with E-state index in [9.17, 15) is 17.6 Å². The lowest BCUT2D eigenvalue weighted by molar-refractivity contribution is 0.514. The normalized spacial score (nSPS) is 11.3. The highest BCUT2D eigenvalue weighted by atomic mass is 19.2. The first-order valence-corrected chi connectivity index (χ1v) is 5.98. The number of nitrogens with zero attached hydrogens (tertiary/aromatic N) is 2. The average molecular weight is 295 g/mol. The fraction of sp³-hybridized carbons (Fsp3) is 0.0714. The van der Waals surface area contributed by atoms with E-state index in [1.54, 1.807) is 0 Å². The van der Waals surface area contributed by atoms with E-state index in [4.69, 9.17) is 5.73 Å². The molecule has 0 radical (unpaired) electrons. The van der Waals surface area contributed by atoms with Crippen LogP contribution in [0.3, 0.4) is 0 Å². The van der Waals surface area contributed by atoms with Crippen LogP contribution in [0.25, 0.3) is 16.7 Å². The van der Waals surface area contributed by atoms with Crippen LogP contribution >= 0.6 is 0 Å². The van der Waals surface area contributed by atoms with Crippen LogP contribution in [0, 0.1) is 30.2 Å². The van der Waals surface area contributed by atoms with E-state index in [1.807, 2.05) is 0 Å². The summed E-state index contributed by atoms with van der Waals surface area (Å²) in [5.74, 6) is -4.13. The Morgan fingerprint density at radius 3 is 2.43 bits per heavy atom. The smallest absolute Gasteiger partial charge is 0.206 e. The molecule has 0 aliphatic carbocycles. The first-order chi connectivity index (χ1) is 9.90. The minimum atomic E-state index is -1.22. The fourth-order valence-corrected chi connectivity index (χ4v) is 2.17. The third-order valence-electron chi connectivity index (χ3n) is 3.20. The second-order valence-corrected chi connectivity index (χ2v) is 4.59. The number of halogens is 4. The molecule has 0 amide bonds. The average Bonchev–Trinajstić information content (AvgIpc) is 2.75. The van der Waals surface area contributed by atoms with Crippen molar-refractivity contribution in [1.82, 2.24) is 9.55 Å². The third-order valence-corrected chi connectivity index (χ3v) is 3.20. The van der Waals surface area contributed by atoms with Gasteiger partial charge in [0.15, 0.2) is 11.6 Å². The van der Waals surface area contributed by atoms with Crippen LogP contribution in [0.2, 0.25) is 0 Å². The summed E-state index contributed by atoms with van der Waals surface area (Å²) >= 11 is 0. The summed E-state index contributed by atoms with van der Waals surface area (Å²) in [5.41, 5.74) is 5.10. The zero-order valence-electron chi connectivity index (χ0n) is 10.8. The maximum absolute atomic E-state index is 14.0. The molecule has 3 nitrogen and oxygen atoms in total. The molecule has 0 saturated carbocycles. The molecule has 0 aliphatic heterocycles. The SMILES string of the molecule is Cc1cc(F)c(-n2c(N)nc3ccc(F)c(F)c32)cc1F. The van der Waals surface area contributed by atoms with Gasteiger partial charge in [-0.15, -0.1) is 0 Å². The fourth-order valence-electron chi connectivity index (χ4n) is 2.17. The van der Waals surface area contributed by atoms with Gasteiger partial charge in [-0.1, -0.05) is 0 Å². The van der Waals surface area contributed by atoms with Crippen molar-refractivity contribution < 1.29 is 17.6 Å². The Morgan fingerprint density at radius 1 is 1.00 bits per heavy atom. The molecule has 2 N–H and O–H groups in total. The van der Waals surface area contributed by atoms with Gasteiger partial charge in [-0.2, -0.15) is 0 Å². The molecule has 0 aliphatic rings. The molecule has 3 rings (SSSR count). The van der Waals surface area contributed by atoms with Crippen molar-refractivity contribution in [3.8, 4) is 5.69 Å². The van der Waals surface area contributed by atoms with Crippen LogP contribution in [0.1, 0.15) is 5.56 Å². The minimum absolute atomic E-state index is 0.0479. The Kier molecular flexibility index (Phi) is 2.86. The van der Waals surface area contributed by atoms with Gasteiger partial charge in [0.25, 0.3) is 0 Å². The van der Waals surface area contributed by atoms with Gasteiger partial charge in [0.1, 0.15) is 17.2 Å². The molecule has 1 aromatic heterocycles. The minimum Gasteiger partial charge on any atom is -0.369 e. The van der Waals surface area contributed by atoms with Gasteiger partial charge in [0.05, 0.1) is 11.2 Å². The number of nitrogens with two attached hydrogens (primary N) is 1. The van der Waals surface area contributed by atoms with E-state index in [2.05, 4.69) is 4.98 Å². The Bertz CT molecular complexity index is 871. The summed E-state index contributed by atoms with van der Waals surface area (Å²) in [5, 5.41) is 0. The van der Waals surface area contributed by atoms with Crippen LogP contribution in [0.4, 0.5) is 23.5 Å². The van der Waals surface area contributed by atoms with Crippen LogP contribution in [0.15, 0.2) is 24.3 Å². The van der Waals surface area contributed by atoms with E-state index in [1.165, 1.54) is 13.0 Å². The first-order valence-electron chi connectivity index (χ1n) is 5.98. The van der Waals surface area contributed by atoms with Gasteiger partial charge >= 0.3 is 0 Å². The van der Waals surface area contributed by atoms with Gasteiger partial charge < -0.3 is 5.73 Å². The molecule has 0 spiro atoms. The number of anilines is 1. The number of aryl methyl sites for hydroxylation is 1. The van der Waals surface area contributed by atoms with Gasteiger partial charge in [-0.3, -0.25) is 4.57 Å². The zero-order chi connectivity index (χ0) is 15.3. The molecule has 3 aromatic rings. The highest BCUT2D eigenvalue weighted by Crippen LogP contribution is 2.29. The van der Waals surface area contributed by atoms with Crippen molar-refractivity contribution in [3.63, 3.8) is 0 Å². The zero-order valence-corrected chi connectivity index (χ0v) is 10.8. The van der Waals surface area contributed by atoms with Crippen molar-refractivity contribution in [2.45, 2.75) is 6.92 Å². The van der Waals surface area contributed by atoms with Crippen molar-refractivity contribution in [3.05, 3.63) is 53.1 Å². The molecule has 0 unspecified atom stereocenters. The predicted octanol–water partition coefficient (Wildman–Crippen LogP) is 3.47. The number of rotatable bonds is 1. The maximum atomic E-state index is 14.0. The van der Waals surface area contributed by atoms with Gasteiger partial charge in [0.2, 0.25) is 5.95 Å². The lowest BCUT2D eigenvalue weighted by Gasteiger charge is -2.10. The quantitative estimate of drug-likeness (QED) is 0.699. The Balaban J connectivity index is 2.43. The monoisotopic (exact) mass is 295 g/mol. The summed E-state index contributed by atoms with van der Waals surface area (Å²) in [7, 11) is 0. The lowest BCUT2D eigenvalue weighted by Crippen LogP contribution is -2.05. The van der Waals surface area contributed by atoms with E-state index in [0.717, 1.165) is 22.8 Å². The molecule has 0 saturated heterocycles. The largest absolute Gasteiger partial charge is 0.369 e. The van der Waals surface area contributed by atoms with Crippen LogP contribution in [-0.4, -0.2) is 9.55 Å². The predicted molar refractivity (Wildman–Crippen MR) is 70.1 cm³/mol. The summed E-state index contributed by atoms with van der Waals surface area (Å²) in [6.45, 7) is 1.39. The third kappa shape index (κ3) is 1.93. The topological polar surface area (TPSA) is 43.8 Å². The van der Waals surface area contributed by atoms with Crippen molar-refractivity contribution >= 4 is 17.0 Å². The Labute approximate surface area is 116 Å². The number of imidazole rings is 1. The van der Waals surface area contributed by atoms with Crippen molar-refractivity contribution in [2.24, 2.45) is 0 Å². The molecule has 1 heterocycles. The number of hydrogen-bond acceptors (Lipinski definition) is 2. The number of nitrogen functional groups attached to an aromatic ring is 1. The standard InChI is InChI=1S/C14H9F4N3/c1-6-4-9(17)11(5-8(6)16)21-13-10(20-14(21)19)3-2-7(15)12(13)18/h2-5H,1H3,(H2,19,20). The first kappa shape index (κ1) is 13.4. The van der Waals surface area contributed by atoms with Crippen LogP contribution in [-0.2, 0) is 0 Å². The molecule has 7 heteroatoms. The molecular formula is C14H9F4N3. The summed E-state index contributed by atoms with van der Waals surface area (Å²) in [4.78, 5) is 3.83. The lowest BCUT2D eigenvalue weighted by atomic mass is 10.2. The van der Waals surface area contributed by atoms with E-state index >= 15 is 0 Å². The number of aromatic nitrogens is 2. The van der Waals surface area contributed by atoms with Gasteiger partial charge in [0, 0.05) is 6.07 Å². The summed E-state index contributed by atoms with van der Waals surface area (Å²) in [6, 6.07) is 3.92. The molecule has 0 bridgehead atoms. The number of benzene rings is 2. The van der Waals surface area contributed by atoms with Crippen molar-refractivity contribution in [2.75, 3.05) is 5.73 Å².